The standard InChI is InChI=1S/C10H17N3O4S/c1-3-4(14)8-7(16)6(15)5-9(17-8)18-10(12-5)13(2)11/h3-9,14-16H,1,11H2,2H3/t4-,5-,6-,7+,8-,9-/m1/s1. The van der Waals surface area contributed by atoms with E-state index in [-0.39, 0.29) is 0 Å². The first-order valence-corrected chi connectivity index (χ1v) is 6.38. The maximum Gasteiger partial charge on any atom is 0.176 e. The van der Waals surface area contributed by atoms with Gasteiger partial charge in [0.05, 0.1) is 0 Å². The summed E-state index contributed by atoms with van der Waals surface area (Å²) >= 11 is 1.25. The van der Waals surface area contributed by atoms with Gasteiger partial charge in [-0.2, -0.15) is 0 Å². The Morgan fingerprint density at radius 1 is 1.56 bits per heavy atom. The monoisotopic (exact) mass is 275 g/mol. The van der Waals surface area contributed by atoms with E-state index in [1.54, 1.807) is 7.05 Å². The number of ether oxygens (including phenoxy) is 1. The van der Waals surface area contributed by atoms with Gasteiger partial charge < -0.3 is 20.1 Å². The van der Waals surface area contributed by atoms with Gasteiger partial charge in [0.1, 0.15) is 35.9 Å². The van der Waals surface area contributed by atoms with Crippen LogP contribution < -0.4 is 5.84 Å². The lowest BCUT2D eigenvalue weighted by Crippen LogP contribution is -2.57. The molecule has 1 fully saturated rings. The molecule has 6 atom stereocenters. The number of aliphatic hydroxyl groups excluding tert-OH is 3. The van der Waals surface area contributed by atoms with E-state index in [1.165, 1.54) is 22.8 Å². The molecule has 0 spiro atoms. The highest BCUT2D eigenvalue weighted by Crippen LogP contribution is 2.37. The summed E-state index contributed by atoms with van der Waals surface area (Å²) in [4.78, 5) is 4.20. The lowest BCUT2D eigenvalue weighted by molar-refractivity contribution is -0.176. The number of thioether (sulfide) groups is 1. The van der Waals surface area contributed by atoms with Crippen LogP contribution in [0.3, 0.4) is 0 Å². The van der Waals surface area contributed by atoms with Crippen molar-refractivity contribution in [2.45, 2.75) is 35.9 Å². The van der Waals surface area contributed by atoms with Gasteiger partial charge in [0.2, 0.25) is 0 Å². The molecule has 0 aromatic rings. The second-order valence-corrected chi connectivity index (χ2v) is 5.37. The summed E-state index contributed by atoms with van der Waals surface area (Å²) < 4.78 is 5.56. The molecular formula is C10H17N3O4S. The van der Waals surface area contributed by atoms with Crippen LogP contribution in [0.2, 0.25) is 0 Å². The van der Waals surface area contributed by atoms with Gasteiger partial charge >= 0.3 is 0 Å². The number of hydrogen-bond donors (Lipinski definition) is 4. The van der Waals surface area contributed by atoms with Crippen LogP contribution in [0.1, 0.15) is 0 Å². The van der Waals surface area contributed by atoms with Crippen molar-refractivity contribution >= 4 is 16.9 Å². The molecule has 0 aromatic heterocycles. The predicted molar refractivity (Wildman–Crippen MR) is 67.6 cm³/mol. The van der Waals surface area contributed by atoms with Gasteiger partial charge in [0.25, 0.3) is 0 Å². The van der Waals surface area contributed by atoms with Gasteiger partial charge in [-0.15, -0.1) is 6.58 Å². The first-order chi connectivity index (χ1) is 8.45. The number of aliphatic hydroxyl groups is 3. The molecule has 0 unspecified atom stereocenters. The quantitative estimate of drug-likeness (QED) is 0.269. The smallest absolute Gasteiger partial charge is 0.176 e. The number of nitrogens with zero attached hydrogens (tertiary/aromatic N) is 2. The molecule has 7 nitrogen and oxygen atoms in total. The van der Waals surface area contributed by atoms with Crippen LogP contribution in [0.5, 0.6) is 0 Å². The third-order valence-corrected chi connectivity index (χ3v) is 4.19. The van der Waals surface area contributed by atoms with Crippen molar-refractivity contribution in [3.63, 3.8) is 0 Å². The van der Waals surface area contributed by atoms with Crippen molar-refractivity contribution in [1.29, 1.82) is 0 Å². The van der Waals surface area contributed by atoms with E-state index < -0.39 is 35.9 Å². The number of nitrogens with two attached hydrogens (primary N) is 1. The van der Waals surface area contributed by atoms with E-state index in [9.17, 15) is 15.3 Å². The van der Waals surface area contributed by atoms with Crippen molar-refractivity contribution in [3.05, 3.63) is 12.7 Å². The second kappa shape index (κ2) is 5.16. The Morgan fingerprint density at radius 2 is 2.22 bits per heavy atom. The maximum atomic E-state index is 10.0. The Kier molecular flexibility index (Phi) is 3.95. The fraction of sp³-hybridized carbons (Fsp3) is 0.700. The van der Waals surface area contributed by atoms with Crippen molar-refractivity contribution < 1.29 is 20.1 Å². The Morgan fingerprint density at radius 3 is 2.78 bits per heavy atom. The molecule has 8 heteroatoms. The normalized spacial score (nSPS) is 40.9. The number of fused-ring (bicyclic) bond motifs is 1. The topological polar surface area (TPSA) is 112 Å². The number of aliphatic imine (C=N–C) groups is 1. The fourth-order valence-corrected chi connectivity index (χ4v) is 3.06. The highest BCUT2D eigenvalue weighted by Gasteiger charge is 2.50. The predicted octanol–water partition coefficient (Wildman–Crippen LogP) is -1.74. The first-order valence-electron chi connectivity index (χ1n) is 5.50. The van der Waals surface area contributed by atoms with Crippen molar-refractivity contribution in [2.24, 2.45) is 10.8 Å². The number of hydrazine groups is 1. The van der Waals surface area contributed by atoms with Gasteiger partial charge in [0, 0.05) is 7.05 Å². The Balaban J connectivity index is 2.16. The van der Waals surface area contributed by atoms with E-state index in [0.29, 0.717) is 5.17 Å². The largest absolute Gasteiger partial charge is 0.388 e. The summed E-state index contributed by atoms with van der Waals surface area (Å²) in [5.41, 5.74) is -0.469. The van der Waals surface area contributed by atoms with Crippen LogP contribution >= 0.6 is 11.8 Å². The summed E-state index contributed by atoms with van der Waals surface area (Å²) in [5.74, 6) is 5.57. The number of amidine groups is 1. The first kappa shape index (κ1) is 13.8. The molecule has 0 aliphatic carbocycles. The van der Waals surface area contributed by atoms with E-state index in [4.69, 9.17) is 10.6 Å². The van der Waals surface area contributed by atoms with E-state index in [2.05, 4.69) is 11.6 Å². The molecule has 2 aliphatic rings. The van der Waals surface area contributed by atoms with Crippen molar-refractivity contribution in [3.8, 4) is 0 Å². The molecule has 2 heterocycles. The Labute approximate surface area is 109 Å². The second-order valence-electron chi connectivity index (χ2n) is 4.31. The van der Waals surface area contributed by atoms with Gasteiger partial charge in [-0.1, -0.05) is 17.8 Å². The molecule has 0 amide bonds. The van der Waals surface area contributed by atoms with Crippen molar-refractivity contribution in [1.82, 2.24) is 5.01 Å². The summed E-state index contributed by atoms with van der Waals surface area (Å²) in [5, 5.41) is 31.4. The van der Waals surface area contributed by atoms with Crippen LogP contribution in [-0.2, 0) is 4.74 Å². The minimum atomic E-state index is -1.22. The Hall–Kier alpha value is -0.640. The lowest BCUT2D eigenvalue weighted by atomic mass is 9.95. The molecule has 0 aromatic carbocycles. The molecule has 2 rings (SSSR count). The number of hydrogen-bond acceptors (Lipinski definition) is 8. The van der Waals surface area contributed by atoms with E-state index >= 15 is 0 Å². The average Bonchev–Trinajstić information content (AvgIpc) is 2.77. The molecule has 1 saturated heterocycles. The third-order valence-electron chi connectivity index (χ3n) is 2.97. The molecule has 0 radical (unpaired) electrons. The molecule has 102 valence electrons. The molecule has 2 aliphatic heterocycles. The van der Waals surface area contributed by atoms with Crippen molar-refractivity contribution in [2.75, 3.05) is 7.05 Å². The van der Waals surface area contributed by atoms with Crippen LogP contribution in [-0.4, -0.2) is 68.4 Å². The Bertz CT molecular complexity index is 365. The van der Waals surface area contributed by atoms with Gasteiger partial charge in [0.15, 0.2) is 5.17 Å². The molecular weight excluding hydrogens is 258 g/mol. The third kappa shape index (κ3) is 2.27. The summed E-state index contributed by atoms with van der Waals surface area (Å²) in [7, 11) is 1.63. The van der Waals surface area contributed by atoms with Crippen LogP contribution in [0, 0.1) is 0 Å². The zero-order valence-corrected chi connectivity index (χ0v) is 10.7. The van der Waals surface area contributed by atoms with Crippen LogP contribution in [0.25, 0.3) is 0 Å². The van der Waals surface area contributed by atoms with Gasteiger partial charge in [-0.3, -0.25) is 10.0 Å². The molecule has 18 heavy (non-hydrogen) atoms. The summed E-state index contributed by atoms with van der Waals surface area (Å²) in [6, 6.07) is -0.584. The zero-order valence-electron chi connectivity index (χ0n) is 9.88. The maximum absolute atomic E-state index is 10.0. The van der Waals surface area contributed by atoms with Crippen LogP contribution in [0.4, 0.5) is 0 Å². The van der Waals surface area contributed by atoms with Crippen LogP contribution in [0.15, 0.2) is 17.6 Å². The SMILES string of the molecule is C=C[C@@H](O)[C@H]1O[C@@H]2SC(N(C)N)=N[C@@H]2[C@@H](O)[C@@H]1O. The highest BCUT2D eigenvalue weighted by atomic mass is 32.2. The minimum Gasteiger partial charge on any atom is -0.388 e. The van der Waals surface area contributed by atoms with E-state index in [0.717, 1.165) is 0 Å². The van der Waals surface area contributed by atoms with E-state index in [1.807, 2.05) is 0 Å². The fourth-order valence-electron chi connectivity index (χ4n) is 1.96. The minimum absolute atomic E-state index is 0.469. The van der Waals surface area contributed by atoms with Gasteiger partial charge in [-0.05, 0) is 0 Å². The number of rotatable bonds is 2. The molecule has 5 N–H and O–H groups in total. The summed E-state index contributed by atoms with van der Waals surface area (Å²) in [6.07, 6.45) is -3.02. The summed E-state index contributed by atoms with van der Waals surface area (Å²) in [6.45, 7) is 3.44. The molecule has 0 bridgehead atoms. The zero-order chi connectivity index (χ0) is 13.4. The highest BCUT2D eigenvalue weighted by molar-refractivity contribution is 8.14. The average molecular weight is 275 g/mol. The van der Waals surface area contributed by atoms with Gasteiger partial charge in [-0.25, -0.2) is 5.84 Å². The molecule has 0 saturated carbocycles. The lowest BCUT2D eigenvalue weighted by Gasteiger charge is -2.39.